The predicted molar refractivity (Wildman–Crippen MR) is 75.9 cm³/mol. The maximum Gasteiger partial charge on any atom is 0.400 e. The largest absolute Gasteiger partial charge is 0.499 e. The van der Waals surface area contributed by atoms with E-state index in [1.165, 1.54) is 14.0 Å². The normalized spacial score (nSPS) is 16.5. The molecular weight excluding hydrogens is 338 g/mol. The first-order chi connectivity index (χ1) is 10.6. The number of amides is 1. The van der Waals surface area contributed by atoms with Crippen LogP contribution in [0.3, 0.4) is 0 Å². The first-order valence-corrected chi connectivity index (χ1v) is 7.75. The van der Waals surface area contributed by atoms with E-state index >= 15 is 0 Å². The van der Waals surface area contributed by atoms with E-state index in [0.29, 0.717) is 5.76 Å². The van der Waals surface area contributed by atoms with Crippen LogP contribution >= 0.6 is 0 Å². The number of aryl methyl sites for hydroxylation is 1. The number of hydrogen-bond acceptors (Lipinski definition) is 3. The molecule has 0 aromatic heterocycles. The van der Waals surface area contributed by atoms with Gasteiger partial charge >= 0.3 is 6.18 Å². The molecule has 0 radical (unpaired) electrons. The van der Waals surface area contributed by atoms with Gasteiger partial charge in [0.2, 0.25) is 0 Å². The summed E-state index contributed by atoms with van der Waals surface area (Å²) in [5.74, 6) is -2.58. The Morgan fingerprint density at radius 1 is 1.35 bits per heavy atom. The number of nitrogens with zero attached hydrogens (tertiary/aromatic N) is 1. The van der Waals surface area contributed by atoms with Crippen LogP contribution in [-0.4, -0.2) is 35.7 Å². The molecule has 2 rings (SSSR count). The predicted octanol–water partition coefficient (Wildman–Crippen LogP) is 2.68. The third-order valence-corrected chi connectivity index (χ3v) is 4.72. The van der Waals surface area contributed by atoms with Crippen LogP contribution in [0, 0.1) is 12.7 Å². The highest BCUT2D eigenvalue weighted by molar-refractivity contribution is 7.85. The lowest BCUT2D eigenvalue weighted by molar-refractivity contribution is -0.113. The van der Waals surface area contributed by atoms with Gasteiger partial charge in [-0.15, -0.1) is 0 Å². The van der Waals surface area contributed by atoms with Gasteiger partial charge < -0.3 is 4.74 Å². The van der Waals surface area contributed by atoms with Gasteiger partial charge in [-0.3, -0.25) is 13.9 Å². The maximum atomic E-state index is 14.1. The van der Waals surface area contributed by atoms with Crippen LogP contribution in [0.2, 0.25) is 0 Å². The van der Waals surface area contributed by atoms with Crippen molar-refractivity contribution in [1.82, 2.24) is 0 Å². The zero-order chi connectivity index (χ0) is 17.4. The standard InChI is InChI=1S/C14H13F4NO3S/c1-8-3-10(15)11(19-6-9(22-2)4-13(19)20)5-12(8)23(21)7-14(16,17)18/h3-5H,6-7H2,1-2H3. The number of carbonyl (C=O) groups is 1. The number of benzene rings is 1. The summed E-state index contributed by atoms with van der Waals surface area (Å²) in [6.07, 6.45) is -3.45. The number of anilines is 1. The first-order valence-electron chi connectivity index (χ1n) is 6.43. The van der Waals surface area contributed by atoms with Gasteiger partial charge in [0.1, 0.15) is 17.3 Å². The van der Waals surface area contributed by atoms with E-state index < -0.39 is 34.5 Å². The molecule has 23 heavy (non-hydrogen) atoms. The molecule has 1 amide bonds. The lowest BCUT2D eigenvalue weighted by Gasteiger charge is -2.19. The summed E-state index contributed by atoms with van der Waals surface area (Å²) >= 11 is 0. The average molecular weight is 351 g/mol. The molecule has 9 heteroatoms. The van der Waals surface area contributed by atoms with Crippen LogP contribution in [0.15, 0.2) is 28.9 Å². The SMILES string of the molecule is COC1=CC(=O)N(c2cc(S(=O)CC(F)(F)F)c(C)cc2F)C1. The summed E-state index contributed by atoms with van der Waals surface area (Å²) in [4.78, 5) is 12.7. The van der Waals surface area contributed by atoms with Crippen molar-refractivity contribution < 1.29 is 31.3 Å². The summed E-state index contributed by atoms with van der Waals surface area (Å²) < 4.78 is 68.1. The van der Waals surface area contributed by atoms with E-state index in [1.807, 2.05) is 0 Å². The second kappa shape index (κ2) is 6.31. The van der Waals surface area contributed by atoms with Crippen molar-refractivity contribution in [1.29, 1.82) is 0 Å². The van der Waals surface area contributed by atoms with Gasteiger partial charge in [0.15, 0.2) is 0 Å². The third-order valence-electron chi connectivity index (χ3n) is 3.20. The molecule has 1 aliphatic rings. The molecule has 1 atom stereocenters. The molecule has 126 valence electrons. The van der Waals surface area contributed by atoms with E-state index in [0.717, 1.165) is 23.1 Å². The number of rotatable bonds is 4. The van der Waals surface area contributed by atoms with Gasteiger partial charge in [-0.2, -0.15) is 13.2 Å². The van der Waals surface area contributed by atoms with Gasteiger partial charge in [0, 0.05) is 11.0 Å². The molecule has 0 bridgehead atoms. The van der Waals surface area contributed by atoms with E-state index in [9.17, 15) is 26.6 Å². The van der Waals surface area contributed by atoms with Crippen molar-refractivity contribution in [3.63, 3.8) is 0 Å². The highest BCUT2D eigenvalue weighted by Gasteiger charge is 2.33. The smallest absolute Gasteiger partial charge is 0.400 e. The van der Waals surface area contributed by atoms with Crippen molar-refractivity contribution >= 4 is 22.4 Å². The van der Waals surface area contributed by atoms with Crippen LogP contribution in [-0.2, 0) is 20.3 Å². The summed E-state index contributed by atoms with van der Waals surface area (Å²) in [6.45, 7) is 1.32. The molecular formula is C14H13F4NO3S. The van der Waals surface area contributed by atoms with Crippen molar-refractivity contribution in [2.45, 2.75) is 18.0 Å². The van der Waals surface area contributed by atoms with Crippen LogP contribution in [0.1, 0.15) is 5.56 Å². The number of methoxy groups -OCH3 is 1. The first kappa shape index (κ1) is 17.5. The van der Waals surface area contributed by atoms with Gasteiger partial charge in [-0.1, -0.05) is 0 Å². The van der Waals surface area contributed by atoms with E-state index in [2.05, 4.69) is 0 Å². The molecule has 1 aromatic carbocycles. The molecule has 4 nitrogen and oxygen atoms in total. The Bertz CT molecular complexity index is 700. The second-order valence-electron chi connectivity index (χ2n) is 4.91. The summed E-state index contributed by atoms with van der Waals surface area (Å²) in [6, 6.07) is 1.99. The minimum Gasteiger partial charge on any atom is -0.499 e. The summed E-state index contributed by atoms with van der Waals surface area (Å²) in [7, 11) is -1.04. The van der Waals surface area contributed by atoms with Crippen LogP contribution < -0.4 is 4.90 Å². The molecule has 0 N–H and O–H groups in total. The van der Waals surface area contributed by atoms with E-state index in [-0.39, 0.29) is 22.7 Å². The number of halogens is 4. The average Bonchev–Trinajstić information content (AvgIpc) is 2.78. The van der Waals surface area contributed by atoms with Crippen LogP contribution in [0.25, 0.3) is 0 Å². The fourth-order valence-electron chi connectivity index (χ4n) is 2.14. The number of ether oxygens (including phenoxy) is 1. The lowest BCUT2D eigenvalue weighted by atomic mass is 10.2. The fraction of sp³-hybridized carbons (Fsp3) is 0.357. The van der Waals surface area contributed by atoms with E-state index in [4.69, 9.17) is 4.74 Å². The van der Waals surface area contributed by atoms with Crippen molar-refractivity contribution in [2.75, 3.05) is 24.3 Å². The van der Waals surface area contributed by atoms with Gasteiger partial charge in [-0.25, -0.2) is 4.39 Å². The highest BCUT2D eigenvalue weighted by Crippen LogP contribution is 2.30. The highest BCUT2D eigenvalue weighted by atomic mass is 32.2. The molecule has 1 aromatic rings. The van der Waals surface area contributed by atoms with Crippen LogP contribution in [0.5, 0.6) is 0 Å². The molecule has 1 unspecified atom stereocenters. The fourth-order valence-corrected chi connectivity index (χ4v) is 3.26. The number of alkyl halides is 3. The van der Waals surface area contributed by atoms with Crippen molar-refractivity contribution in [3.05, 3.63) is 35.3 Å². The Morgan fingerprint density at radius 2 is 2.00 bits per heavy atom. The quantitative estimate of drug-likeness (QED) is 0.784. The molecule has 1 aliphatic heterocycles. The number of hydrogen-bond donors (Lipinski definition) is 0. The minimum absolute atomic E-state index is 0.0410. The minimum atomic E-state index is -4.61. The molecule has 0 saturated heterocycles. The summed E-state index contributed by atoms with van der Waals surface area (Å²) in [5.41, 5.74) is -0.102. The monoisotopic (exact) mass is 351 g/mol. The second-order valence-corrected chi connectivity index (χ2v) is 6.33. The van der Waals surface area contributed by atoms with Gasteiger partial charge in [0.05, 0.1) is 30.1 Å². The molecule has 0 aliphatic carbocycles. The molecule has 0 saturated carbocycles. The molecule has 1 heterocycles. The molecule has 0 fully saturated rings. The Hall–Kier alpha value is -1.90. The topological polar surface area (TPSA) is 46.6 Å². The molecule has 0 spiro atoms. The zero-order valence-corrected chi connectivity index (χ0v) is 13.1. The van der Waals surface area contributed by atoms with Crippen molar-refractivity contribution in [2.24, 2.45) is 0 Å². The maximum absolute atomic E-state index is 14.1. The Balaban J connectivity index is 2.38. The third kappa shape index (κ3) is 3.90. The summed E-state index contributed by atoms with van der Waals surface area (Å²) in [5, 5.41) is 0. The van der Waals surface area contributed by atoms with Crippen molar-refractivity contribution in [3.8, 4) is 0 Å². The Labute approximate surface area is 132 Å². The Kier molecular flexibility index (Phi) is 4.79. The number of carbonyl (C=O) groups excluding carboxylic acids is 1. The zero-order valence-electron chi connectivity index (χ0n) is 12.2. The van der Waals surface area contributed by atoms with Gasteiger partial charge in [0.25, 0.3) is 5.91 Å². The Morgan fingerprint density at radius 3 is 2.52 bits per heavy atom. The van der Waals surface area contributed by atoms with Gasteiger partial charge in [-0.05, 0) is 24.6 Å². The lowest BCUT2D eigenvalue weighted by Crippen LogP contribution is -2.27. The van der Waals surface area contributed by atoms with Crippen LogP contribution in [0.4, 0.5) is 23.2 Å². The van der Waals surface area contributed by atoms with E-state index in [1.54, 1.807) is 0 Å².